The lowest BCUT2D eigenvalue weighted by atomic mass is 10.2. The molecule has 3 heterocycles. The summed E-state index contributed by atoms with van der Waals surface area (Å²) in [5, 5.41) is 8.39. The summed E-state index contributed by atoms with van der Waals surface area (Å²) in [4.78, 5) is 9.29. The Hall–Kier alpha value is -2.15. The summed E-state index contributed by atoms with van der Waals surface area (Å²) in [6, 6.07) is 3.92. The zero-order valence-electron chi connectivity index (χ0n) is 14.8. The molecule has 0 N–H and O–H groups in total. The molecule has 1 aliphatic rings. The molecule has 0 spiro atoms. The van der Waals surface area contributed by atoms with Gasteiger partial charge in [-0.1, -0.05) is 5.21 Å². The zero-order chi connectivity index (χ0) is 16.9. The Bertz CT molecular complexity index is 663. The van der Waals surface area contributed by atoms with Gasteiger partial charge in [0.1, 0.15) is 0 Å². The van der Waals surface area contributed by atoms with Gasteiger partial charge in [0.25, 0.3) is 0 Å². The van der Waals surface area contributed by atoms with E-state index in [-0.39, 0.29) is 0 Å². The maximum Gasteiger partial charge on any atom is 0.171 e. The third-order valence-corrected chi connectivity index (χ3v) is 4.43. The molecule has 2 aromatic rings. The highest BCUT2D eigenvalue weighted by molar-refractivity contribution is 5.52. The molecular weight excluding hydrogens is 304 g/mol. The van der Waals surface area contributed by atoms with Crippen LogP contribution in [0.15, 0.2) is 18.3 Å². The normalized spacial score (nSPS) is 15.7. The second-order valence-electron chi connectivity index (χ2n) is 5.96. The van der Waals surface area contributed by atoms with Gasteiger partial charge in [0.2, 0.25) is 0 Å². The van der Waals surface area contributed by atoms with E-state index in [9.17, 15) is 0 Å². The van der Waals surface area contributed by atoms with Crippen molar-refractivity contribution in [2.75, 3.05) is 37.7 Å². The van der Waals surface area contributed by atoms with Gasteiger partial charge in [0, 0.05) is 45.5 Å². The number of anilines is 1. The number of aryl methyl sites for hydroxylation is 2. The molecule has 1 fully saturated rings. The van der Waals surface area contributed by atoms with Gasteiger partial charge in [-0.2, -0.15) is 0 Å². The molecule has 7 heteroatoms. The van der Waals surface area contributed by atoms with Gasteiger partial charge in [0.15, 0.2) is 11.6 Å². The Labute approximate surface area is 143 Å². The SMILES string of the molecule is CCOc1cccnc1N1CCN(Cc2c(C)nnn2CC)CC1. The first-order chi connectivity index (χ1) is 11.7. The standard InChI is InChI=1S/C17H26N6O/c1-4-23-15(14(3)19-20-23)13-21-9-11-22(12-10-21)17-16(24-5-2)7-6-8-18-17/h6-8H,4-5,9-13H2,1-3H3. The van der Waals surface area contributed by atoms with Gasteiger partial charge in [-0.15, -0.1) is 5.10 Å². The van der Waals surface area contributed by atoms with E-state index in [1.807, 2.05) is 36.9 Å². The largest absolute Gasteiger partial charge is 0.490 e. The molecule has 0 aliphatic carbocycles. The van der Waals surface area contributed by atoms with Crippen molar-refractivity contribution in [1.82, 2.24) is 24.9 Å². The third-order valence-electron chi connectivity index (χ3n) is 4.43. The van der Waals surface area contributed by atoms with Crippen molar-refractivity contribution in [3.05, 3.63) is 29.7 Å². The van der Waals surface area contributed by atoms with Crippen LogP contribution < -0.4 is 9.64 Å². The van der Waals surface area contributed by atoms with E-state index in [2.05, 4.69) is 32.0 Å². The van der Waals surface area contributed by atoms with Crippen molar-refractivity contribution in [3.8, 4) is 5.75 Å². The summed E-state index contributed by atoms with van der Waals surface area (Å²) < 4.78 is 7.70. The van der Waals surface area contributed by atoms with Crippen molar-refractivity contribution >= 4 is 5.82 Å². The number of rotatable bonds is 6. The van der Waals surface area contributed by atoms with Gasteiger partial charge in [-0.05, 0) is 32.9 Å². The van der Waals surface area contributed by atoms with E-state index in [0.717, 1.165) is 56.5 Å². The zero-order valence-corrected chi connectivity index (χ0v) is 14.8. The number of aromatic nitrogens is 4. The van der Waals surface area contributed by atoms with Crippen molar-refractivity contribution in [1.29, 1.82) is 0 Å². The van der Waals surface area contributed by atoms with E-state index >= 15 is 0 Å². The summed E-state index contributed by atoms with van der Waals surface area (Å²) in [6.45, 7) is 12.5. The summed E-state index contributed by atoms with van der Waals surface area (Å²) in [6.07, 6.45) is 1.83. The van der Waals surface area contributed by atoms with Gasteiger partial charge in [-0.25, -0.2) is 9.67 Å². The van der Waals surface area contributed by atoms with Crippen LogP contribution in [0.1, 0.15) is 25.2 Å². The number of ether oxygens (including phenoxy) is 1. The number of pyridine rings is 1. The Morgan fingerprint density at radius 2 is 1.96 bits per heavy atom. The highest BCUT2D eigenvalue weighted by Crippen LogP contribution is 2.26. The highest BCUT2D eigenvalue weighted by atomic mass is 16.5. The maximum absolute atomic E-state index is 5.71. The Morgan fingerprint density at radius 1 is 1.17 bits per heavy atom. The van der Waals surface area contributed by atoms with Crippen LogP contribution in [0.3, 0.4) is 0 Å². The van der Waals surface area contributed by atoms with Gasteiger partial charge in [-0.3, -0.25) is 4.90 Å². The summed E-state index contributed by atoms with van der Waals surface area (Å²) in [7, 11) is 0. The monoisotopic (exact) mass is 330 g/mol. The first-order valence-electron chi connectivity index (χ1n) is 8.67. The minimum absolute atomic E-state index is 0.659. The average molecular weight is 330 g/mol. The molecule has 1 aliphatic heterocycles. The molecule has 2 aromatic heterocycles. The molecular formula is C17H26N6O. The van der Waals surface area contributed by atoms with E-state index < -0.39 is 0 Å². The smallest absolute Gasteiger partial charge is 0.171 e. The molecule has 0 saturated carbocycles. The van der Waals surface area contributed by atoms with Crippen molar-refractivity contribution in [2.24, 2.45) is 0 Å². The van der Waals surface area contributed by atoms with Crippen LogP contribution in [0, 0.1) is 6.92 Å². The molecule has 7 nitrogen and oxygen atoms in total. The summed E-state index contributed by atoms with van der Waals surface area (Å²) in [5.41, 5.74) is 2.25. The van der Waals surface area contributed by atoms with Crippen LogP contribution in [0.4, 0.5) is 5.82 Å². The van der Waals surface area contributed by atoms with Gasteiger partial charge >= 0.3 is 0 Å². The van der Waals surface area contributed by atoms with E-state index in [4.69, 9.17) is 4.74 Å². The number of piperazine rings is 1. The maximum atomic E-state index is 5.71. The lowest BCUT2D eigenvalue weighted by molar-refractivity contribution is 0.240. The lowest BCUT2D eigenvalue weighted by Gasteiger charge is -2.35. The fourth-order valence-electron chi connectivity index (χ4n) is 3.09. The second-order valence-corrected chi connectivity index (χ2v) is 5.96. The quantitative estimate of drug-likeness (QED) is 0.804. The van der Waals surface area contributed by atoms with Crippen LogP contribution in [0.2, 0.25) is 0 Å². The first-order valence-corrected chi connectivity index (χ1v) is 8.67. The van der Waals surface area contributed by atoms with Crippen LogP contribution in [0.25, 0.3) is 0 Å². The molecule has 130 valence electrons. The fourth-order valence-corrected chi connectivity index (χ4v) is 3.09. The topological polar surface area (TPSA) is 59.3 Å². The highest BCUT2D eigenvalue weighted by Gasteiger charge is 2.22. The van der Waals surface area contributed by atoms with Crippen molar-refractivity contribution < 1.29 is 4.74 Å². The van der Waals surface area contributed by atoms with E-state index in [1.165, 1.54) is 5.69 Å². The number of hydrogen-bond donors (Lipinski definition) is 0. The Balaban J connectivity index is 1.63. The van der Waals surface area contributed by atoms with E-state index in [1.54, 1.807) is 0 Å². The van der Waals surface area contributed by atoms with Crippen LogP contribution in [0.5, 0.6) is 5.75 Å². The lowest BCUT2D eigenvalue weighted by Crippen LogP contribution is -2.46. The second kappa shape index (κ2) is 7.61. The van der Waals surface area contributed by atoms with Crippen LogP contribution >= 0.6 is 0 Å². The minimum Gasteiger partial charge on any atom is -0.490 e. The van der Waals surface area contributed by atoms with Crippen molar-refractivity contribution in [3.63, 3.8) is 0 Å². The van der Waals surface area contributed by atoms with E-state index in [0.29, 0.717) is 6.61 Å². The predicted molar refractivity (Wildman–Crippen MR) is 93.3 cm³/mol. The third kappa shape index (κ3) is 3.51. The molecule has 0 aromatic carbocycles. The predicted octanol–water partition coefficient (Wildman–Crippen LogP) is 1.72. The summed E-state index contributed by atoms with van der Waals surface area (Å²) in [5.74, 6) is 1.83. The summed E-state index contributed by atoms with van der Waals surface area (Å²) >= 11 is 0. The van der Waals surface area contributed by atoms with Gasteiger partial charge < -0.3 is 9.64 Å². The average Bonchev–Trinajstić information content (AvgIpc) is 2.96. The molecule has 0 unspecified atom stereocenters. The van der Waals surface area contributed by atoms with Crippen molar-refractivity contribution in [2.45, 2.75) is 33.9 Å². The molecule has 3 rings (SSSR count). The minimum atomic E-state index is 0.659. The molecule has 1 saturated heterocycles. The molecule has 0 atom stereocenters. The molecule has 24 heavy (non-hydrogen) atoms. The van der Waals surface area contributed by atoms with Gasteiger partial charge in [0.05, 0.1) is 18.0 Å². The number of hydrogen-bond acceptors (Lipinski definition) is 6. The van der Waals surface area contributed by atoms with Crippen LogP contribution in [-0.4, -0.2) is 57.7 Å². The molecule has 0 bridgehead atoms. The van der Waals surface area contributed by atoms with Crippen LogP contribution in [-0.2, 0) is 13.1 Å². The molecule has 0 radical (unpaired) electrons. The Morgan fingerprint density at radius 3 is 2.67 bits per heavy atom. The number of nitrogens with zero attached hydrogens (tertiary/aromatic N) is 6. The first kappa shape index (κ1) is 16.7. The Kier molecular flexibility index (Phi) is 5.30. The fraction of sp³-hybridized carbons (Fsp3) is 0.588. The molecule has 0 amide bonds.